The van der Waals surface area contributed by atoms with Crippen LogP contribution in [0.25, 0.3) is 0 Å². The van der Waals surface area contributed by atoms with E-state index in [1.165, 1.54) is 0 Å². The third-order valence-corrected chi connectivity index (χ3v) is 0.432. The Morgan fingerprint density at radius 1 is 2.00 bits per heavy atom. The van der Waals surface area contributed by atoms with Gasteiger partial charge < -0.3 is 4.84 Å². The van der Waals surface area contributed by atoms with E-state index in [0.717, 1.165) is 0 Å². The predicted molar refractivity (Wildman–Crippen MR) is 16.6 cm³/mol. The Kier molecular flexibility index (Phi) is 0.648. The minimum atomic E-state index is -0.532. The van der Waals surface area contributed by atoms with E-state index >= 15 is 0 Å². The first-order valence-electron chi connectivity index (χ1n) is 1.51. The second kappa shape index (κ2) is 1.14. The quantitative estimate of drug-likeness (QED) is 0.421. The van der Waals surface area contributed by atoms with Crippen molar-refractivity contribution in [3.05, 3.63) is 0 Å². The molecule has 0 aliphatic carbocycles. The summed E-state index contributed by atoms with van der Waals surface area (Å²) in [7, 11) is 0. The van der Waals surface area contributed by atoms with Crippen LogP contribution in [0.2, 0.25) is 0 Å². The van der Waals surface area contributed by atoms with Crippen molar-refractivity contribution in [3.63, 3.8) is 0 Å². The average Bonchev–Trinajstić information content (AvgIpc) is 1.86. The standard InChI is InChI=1S/C2H3N2O2/c5-2-3-1-4-6-2/h4H,1H2. The lowest BCUT2D eigenvalue weighted by Gasteiger charge is -1.78. The van der Waals surface area contributed by atoms with Crippen molar-refractivity contribution in [2.75, 3.05) is 6.67 Å². The van der Waals surface area contributed by atoms with Crippen molar-refractivity contribution < 1.29 is 9.63 Å². The molecule has 0 bridgehead atoms. The Morgan fingerprint density at radius 2 is 2.83 bits per heavy atom. The van der Waals surface area contributed by atoms with Crippen LogP contribution in [0, 0.1) is 0 Å². The third-order valence-electron chi connectivity index (χ3n) is 0.432. The lowest BCUT2D eigenvalue weighted by molar-refractivity contribution is 0.132. The highest BCUT2D eigenvalue weighted by molar-refractivity contribution is 5.67. The predicted octanol–water partition coefficient (Wildman–Crippen LogP) is -0.797. The number of hydrogen-bond donors (Lipinski definition) is 1. The molecule has 33 valence electrons. The molecule has 1 saturated heterocycles. The molecule has 0 saturated carbocycles. The van der Waals surface area contributed by atoms with Gasteiger partial charge in [0.15, 0.2) is 0 Å². The first-order valence-corrected chi connectivity index (χ1v) is 1.51. The maximum atomic E-state index is 9.79. The Balaban J connectivity index is 2.37. The van der Waals surface area contributed by atoms with Gasteiger partial charge in [0.2, 0.25) is 0 Å². The molecule has 4 nitrogen and oxygen atoms in total. The van der Waals surface area contributed by atoms with Gasteiger partial charge >= 0.3 is 6.09 Å². The molecular formula is C2H3N2O2. The van der Waals surface area contributed by atoms with E-state index in [9.17, 15) is 4.79 Å². The van der Waals surface area contributed by atoms with Crippen molar-refractivity contribution in [2.45, 2.75) is 0 Å². The van der Waals surface area contributed by atoms with Crippen LogP contribution in [0.3, 0.4) is 0 Å². The average molecular weight is 87.1 g/mol. The minimum absolute atomic E-state index is 0.291. The molecule has 1 radical (unpaired) electrons. The van der Waals surface area contributed by atoms with E-state index in [4.69, 9.17) is 0 Å². The first kappa shape index (κ1) is 3.42. The van der Waals surface area contributed by atoms with Gasteiger partial charge in [-0.2, -0.15) is 5.32 Å². The Labute approximate surface area is 34.4 Å². The van der Waals surface area contributed by atoms with Crippen LogP contribution in [-0.2, 0) is 4.84 Å². The number of carbonyl (C=O) groups excluding carboxylic acids is 1. The zero-order valence-electron chi connectivity index (χ0n) is 2.97. The van der Waals surface area contributed by atoms with Crippen LogP contribution in [-0.4, -0.2) is 12.8 Å². The normalized spacial score (nSPS) is 19.7. The zero-order chi connectivity index (χ0) is 4.41. The summed E-state index contributed by atoms with van der Waals surface area (Å²) in [4.78, 5) is 13.9. The van der Waals surface area contributed by atoms with Gasteiger partial charge in [-0.1, -0.05) is 0 Å². The van der Waals surface area contributed by atoms with Crippen LogP contribution in [0.1, 0.15) is 0 Å². The summed E-state index contributed by atoms with van der Waals surface area (Å²) < 4.78 is 0. The number of nitrogens with zero attached hydrogens (tertiary/aromatic N) is 1. The van der Waals surface area contributed by atoms with Gasteiger partial charge in [0, 0.05) is 0 Å². The maximum absolute atomic E-state index is 9.79. The highest BCUT2D eigenvalue weighted by Gasteiger charge is 2.08. The van der Waals surface area contributed by atoms with Crippen molar-refractivity contribution in [1.29, 1.82) is 0 Å². The van der Waals surface area contributed by atoms with Crippen molar-refractivity contribution in [2.24, 2.45) is 0 Å². The molecule has 0 aromatic carbocycles. The smallest absolute Gasteiger partial charge is 0.351 e. The molecule has 1 heterocycles. The molecule has 0 aromatic heterocycles. The van der Waals surface area contributed by atoms with Crippen molar-refractivity contribution in [1.82, 2.24) is 10.8 Å². The molecule has 1 aliphatic heterocycles. The second-order valence-corrected chi connectivity index (χ2v) is 0.829. The van der Waals surface area contributed by atoms with Crippen LogP contribution >= 0.6 is 0 Å². The SMILES string of the molecule is O=C1[N]CNO1. The summed E-state index contributed by atoms with van der Waals surface area (Å²) in [6.07, 6.45) is -0.532. The maximum Gasteiger partial charge on any atom is 0.449 e. The monoisotopic (exact) mass is 87.0 g/mol. The molecule has 0 spiro atoms. The number of nitrogens with one attached hydrogen (secondary N) is 1. The first-order chi connectivity index (χ1) is 2.89. The fraction of sp³-hybridized carbons (Fsp3) is 0.500. The van der Waals surface area contributed by atoms with Gasteiger partial charge in [0.1, 0.15) is 6.67 Å². The number of carbonyl (C=O) groups is 1. The largest absolute Gasteiger partial charge is 0.449 e. The van der Waals surface area contributed by atoms with Gasteiger partial charge in [-0.25, -0.2) is 4.79 Å². The van der Waals surface area contributed by atoms with E-state index < -0.39 is 6.09 Å². The topological polar surface area (TPSA) is 52.4 Å². The van der Waals surface area contributed by atoms with Crippen LogP contribution in [0.5, 0.6) is 0 Å². The van der Waals surface area contributed by atoms with Crippen LogP contribution < -0.4 is 10.8 Å². The number of hydroxylamine groups is 1. The summed E-state index contributed by atoms with van der Waals surface area (Å²) in [5.74, 6) is 0. The molecule has 6 heavy (non-hydrogen) atoms. The van der Waals surface area contributed by atoms with Gasteiger partial charge in [0.05, 0.1) is 0 Å². The van der Waals surface area contributed by atoms with E-state index in [1.54, 1.807) is 0 Å². The highest BCUT2D eigenvalue weighted by Crippen LogP contribution is 1.77. The second-order valence-electron chi connectivity index (χ2n) is 0.829. The molecule has 1 amide bonds. The molecule has 0 atom stereocenters. The molecule has 1 rings (SSSR count). The highest BCUT2D eigenvalue weighted by atomic mass is 16.7. The van der Waals surface area contributed by atoms with Gasteiger partial charge in [0.25, 0.3) is 0 Å². The van der Waals surface area contributed by atoms with Gasteiger partial charge in [-0.15, -0.1) is 5.48 Å². The summed E-state index contributed by atoms with van der Waals surface area (Å²) >= 11 is 0. The fourth-order valence-corrected chi connectivity index (χ4v) is 0.223. The van der Waals surface area contributed by atoms with Crippen LogP contribution in [0.15, 0.2) is 0 Å². The molecule has 1 aliphatic rings. The molecule has 1 N–H and O–H groups in total. The lowest BCUT2D eigenvalue weighted by Crippen LogP contribution is -2.05. The van der Waals surface area contributed by atoms with E-state index in [1.807, 2.05) is 0 Å². The van der Waals surface area contributed by atoms with E-state index in [2.05, 4.69) is 15.6 Å². The number of hydrogen-bond acceptors (Lipinski definition) is 3. The zero-order valence-corrected chi connectivity index (χ0v) is 2.97. The van der Waals surface area contributed by atoms with Crippen molar-refractivity contribution >= 4 is 6.09 Å². The van der Waals surface area contributed by atoms with Crippen LogP contribution in [0.4, 0.5) is 4.79 Å². The molecule has 1 fully saturated rings. The molecular weight excluding hydrogens is 84.0 g/mol. The summed E-state index contributed by atoms with van der Waals surface area (Å²) in [6, 6.07) is 0. The Morgan fingerprint density at radius 3 is 3.00 bits per heavy atom. The molecule has 0 aromatic rings. The van der Waals surface area contributed by atoms with E-state index in [0.29, 0.717) is 6.67 Å². The lowest BCUT2D eigenvalue weighted by atomic mass is 11.1. The van der Waals surface area contributed by atoms with Crippen molar-refractivity contribution in [3.8, 4) is 0 Å². The third kappa shape index (κ3) is 0.414. The summed E-state index contributed by atoms with van der Waals surface area (Å²) in [5, 5.41) is 3.26. The van der Waals surface area contributed by atoms with E-state index in [-0.39, 0.29) is 0 Å². The summed E-state index contributed by atoms with van der Waals surface area (Å²) in [5.41, 5.74) is 2.26. The summed E-state index contributed by atoms with van der Waals surface area (Å²) in [6.45, 7) is 0.291. The molecule has 0 unspecified atom stereocenters. The molecule has 4 heteroatoms. The van der Waals surface area contributed by atoms with Gasteiger partial charge in [-0.3, -0.25) is 0 Å². The number of rotatable bonds is 0. The fourth-order valence-electron chi connectivity index (χ4n) is 0.223. The Hall–Kier alpha value is -0.770. The minimum Gasteiger partial charge on any atom is -0.351 e. The number of amides is 1. The van der Waals surface area contributed by atoms with Gasteiger partial charge in [-0.05, 0) is 0 Å². The Bertz CT molecular complexity index is 63.9.